The molecule has 120 valence electrons. The van der Waals surface area contributed by atoms with E-state index >= 15 is 0 Å². The van der Waals surface area contributed by atoms with Crippen LogP contribution in [0, 0.1) is 5.92 Å². The Bertz CT molecular complexity index is 437. The van der Waals surface area contributed by atoms with E-state index in [1.54, 1.807) is 4.90 Å². The first-order chi connectivity index (χ1) is 9.68. The highest BCUT2D eigenvalue weighted by Gasteiger charge is 2.45. The van der Waals surface area contributed by atoms with Gasteiger partial charge in [0.15, 0.2) is 0 Å². The zero-order valence-electron chi connectivity index (χ0n) is 13.1. The van der Waals surface area contributed by atoms with Crippen molar-refractivity contribution in [1.29, 1.82) is 0 Å². The molecule has 1 aliphatic carbocycles. The van der Waals surface area contributed by atoms with Crippen molar-refractivity contribution in [3.05, 3.63) is 0 Å². The number of carbonyl (C=O) groups excluding carboxylic acids is 1. The standard InChI is InChI=1S/C15H26N2O4/c1-14(2,12(18)19)16(3)13(20)17-9-8-15(21)7-5-4-6-11(15)10-17/h11,21H,4-10H2,1-3H3,(H,18,19). The third-order valence-corrected chi connectivity index (χ3v) is 5.35. The molecule has 1 saturated heterocycles. The number of rotatable bonds is 2. The Morgan fingerprint density at radius 3 is 2.57 bits per heavy atom. The molecule has 2 unspecified atom stereocenters. The van der Waals surface area contributed by atoms with Crippen molar-refractivity contribution in [1.82, 2.24) is 9.80 Å². The smallest absolute Gasteiger partial charge is 0.329 e. The van der Waals surface area contributed by atoms with Gasteiger partial charge < -0.3 is 20.0 Å². The van der Waals surface area contributed by atoms with Gasteiger partial charge in [-0.15, -0.1) is 0 Å². The maximum Gasteiger partial charge on any atom is 0.329 e. The fraction of sp³-hybridized carbons (Fsp3) is 0.867. The molecule has 2 fully saturated rings. The van der Waals surface area contributed by atoms with E-state index in [1.165, 1.54) is 25.8 Å². The minimum atomic E-state index is -1.24. The van der Waals surface area contributed by atoms with Crippen LogP contribution in [0.25, 0.3) is 0 Å². The summed E-state index contributed by atoms with van der Waals surface area (Å²) in [6, 6.07) is -0.268. The van der Waals surface area contributed by atoms with E-state index in [0.29, 0.717) is 19.5 Å². The average molecular weight is 298 g/mol. The van der Waals surface area contributed by atoms with Crippen LogP contribution in [0.4, 0.5) is 4.79 Å². The highest BCUT2D eigenvalue weighted by molar-refractivity contribution is 5.85. The van der Waals surface area contributed by atoms with Gasteiger partial charge in [-0.3, -0.25) is 0 Å². The fourth-order valence-corrected chi connectivity index (χ4v) is 3.34. The lowest BCUT2D eigenvalue weighted by Crippen LogP contribution is -2.60. The molecule has 0 aromatic rings. The van der Waals surface area contributed by atoms with Crippen molar-refractivity contribution in [2.75, 3.05) is 20.1 Å². The molecule has 6 nitrogen and oxygen atoms in total. The summed E-state index contributed by atoms with van der Waals surface area (Å²) in [6.07, 6.45) is 4.48. The molecule has 0 radical (unpaired) electrons. The number of aliphatic hydroxyl groups is 1. The van der Waals surface area contributed by atoms with E-state index in [-0.39, 0.29) is 11.9 Å². The molecule has 0 aromatic carbocycles. The number of likely N-dealkylation sites (tertiary alicyclic amines) is 1. The van der Waals surface area contributed by atoms with Crippen LogP contribution in [0.15, 0.2) is 0 Å². The second-order valence-corrected chi connectivity index (χ2v) is 6.95. The van der Waals surface area contributed by atoms with Gasteiger partial charge in [0.25, 0.3) is 0 Å². The average Bonchev–Trinajstić information content (AvgIpc) is 2.44. The van der Waals surface area contributed by atoms with E-state index in [1.807, 2.05) is 0 Å². The van der Waals surface area contributed by atoms with Crippen molar-refractivity contribution >= 4 is 12.0 Å². The van der Waals surface area contributed by atoms with Gasteiger partial charge in [0.05, 0.1) is 5.60 Å². The summed E-state index contributed by atoms with van der Waals surface area (Å²) in [5.41, 5.74) is -1.87. The third-order valence-electron chi connectivity index (χ3n) is 5.35. The molecular weight excluding hydrogens is 272 g/mol. The van der Waals surface area contributed by atoms with Crippen molar-refractivity contribution in [3.63, 3.8) is 0 Å². The second kappa shape index (κ2) is 5.48. The lowest BCUT2D eigenvalue weighted by molar-refractivity contribution is -0.147. The number of amides is 2. The number of hydrogen-bond donors (Lipinski definition) is 2. The number of carbonyl (C=O) groups is 2. The molecule has 21 heavy (non-hydrogen) atoms. The van der Waals surface area contributed by atoms with Crippen LogP contribution in [0.3, 0.4) is 0 Å². The first-order valence-electron chi connectivity index (χ1n) is 7.67. The van der Waals surface area contributed by atoms with E-state index in [0.717, 1.165) is 25.7 Å². The minimum Gasteiger partial charge on any atom is -0.480 e. The summed E-state index contributed by atoms with van der Waals surface area (Å²) in [5.74, 6) is -0.908. The van der Waals surface area contributed by atoms with Gasteiger partial charge in [0.1, 0.15) is 5.54 Å². The number of aliphatic carboxylic acids is 1. The van der Waals surface area contributed by atoms with Crippen molar-refractivity contribution < 1.29 is 19.8 Å². The number of hydrogen-bond acceptors (Lipinski definition) is 3. The number of fused-ring (bicyclic) bond motifs is 1. The Balaban J connectivity index is 2.06. The highest BCUT2D eigenvalue weighted by Crippen LogP contribution is 2.40. The van der Waals surface area contributed by atoms with Gasteiger partial charge in [-0.1, -0.05) is 12.8 Å². The lowest BCUT2D eigenvalue weighted by Gasteiger charge is -2.48. The summed E-state index contributed by atoms with van der Waals surface area (Å²) >= 11 is 0. The number of likely N-dealkylation sites (N-methyl/N-ethyl adjacent to an activating group) is 1. The van der Waals surface area contributed by atoms with Gasteiger partial charge in [-0.25, -0.2) is 9.59 Å². The summed E-state index contributed by atoms with van der Waals surface area (Å²) in [7, 11) is 1.53. The molecule has 2 amide bonds. The van der Waals surface area contributed by atoms with Crippen LogP contribution in [0.5, 0.6) is 0 Å². The summed E-state index contributed by atoms with van der Waals surface area (Å²) in [6.45, 7) is 4.06. The minimum absolute atomic E-state index is 0.116. The monoisotopic (exact) mass is 298 g/mol. The Labute approximate surface area is 125 Å². The van der Waals surface area contributed by atoms with Crippen LogP contribution < -0.4 is 0 Å². The Kier molecular flexibility index (Phi) is 4.19. The third kappa shape index (κ3) is 2.86. The van der Waals surface area contributed by atoms with Gasteiger partial charge >= 0.3 is 12.0 Å². The molecule has 0 aromatic heterocycles. The first-order valence-corrected chi connectivity index (χ1v) is 7.67. The molecule has 2 rings (SSSR count). The molecule has 1 aliphatic heterocycles. The normalized spacial score (nSPS) is 29.7. The van der Waals surface area contributed by atoms with Gasteiger partial charge in [0, 0.05) is 26.1 Å². The van der Waals surface area contributed by atoms with Crippen molar-refractivity contribution in [2.24, 2.45) is 5.92 Å². The predicted molar refractivity (Wildman–Crippen MR) is 78.0 cm³/mol. The summed E-state index contributed by atoms with van der Waals surface area (Å²) < 4.78 is 0. The molecule has 6 heteroatoms. The lowest BCUT2D eigenvalue weighted by atomic mass is 9.71. The number of urea groups is 1. The summed E-state index contributed by atoms with van der Waals surface area (Å²) in [4.78, 5) is 26.8. The van der Waals surface area contributed by atoms with Crippen LogP contribution in [-0.4, -0.2) is 63.3 Å². The number of carboxylic acid groups (broad SMARTS) is 1. The van der Waals surface area contributed by atoms with E-state index in [2.05, 4.69) is 0 Å². The van der Waals surface area contributed by atoms with Crippen LogP contribution in [-0.2, 0) is 4.79 Å². The highest BCUT2D eigenvalue weighted by atomic mass is 16.4. The molecule has 0 bridgehead atoms. The molecule has 2 atom stereocenters. The topological polar surface area (TPSA) is 81.1 Å². The Morgan fingerprint density at radius 1 is 1.29 bits per heavy atom. The molecule has 1 heterocycles. The molecular formula is C15H26N2O4. The maximum absolute atomic E-state index is 12.5. The van der Waals surface area contributed by atoms with Crippen LogP contribution >= 0.6 is 0 Å². The zero-order valence-corrected chi connectivity index (χ0v) is 13.1. The Hall–Kier alpha value is -1.30. The largest absolute Gasteiger partial charge is 0.480 e. The first kappa shape index (κ1) is 16.1. The van der Waals surface area contributed by atoms with Crippen LogP contribution in [0.2, 0.25) is 0 Å². The van der Waals surface area contributed by atoms with Gasteiger partial charge in [-0.2, -0.15) is 0 Å². The van der Waals surface area contributed by atoms with E-state index in [4.69, 9.17) is 0 Å². The SMILES string of the molecule is CN(C(=O)N1CCC2(O)CCCCC2C1)C(C)(C)C(=O)O. The van der Waals surface area contributed by atoms with Crippen molar-refractivity contribution in [3.8, 4) is 0 Å². The predicted octanol–water partition coefficient (Wildman–Crippen LogP) is 1.53. The van der Waals surface area contributed by atoms with E-state index in [9.17, 15) is 19.8 Å². The quantitative estimate of drug-likeness (QED) is 0.810. The molecule has 0 spiro atoms. The maximum atomic E-state index is 12.5. The summed E-state index contributed by atoms with van der Waals surface area (Å²) in [5, 5.41) is 19.9. The van der Waals surface area contributed by atoms with E-state index < -0.39 is 17.1 Å². The van der Waals surface area contributed by atoms with Crippen molar-refractivity contribution in [2.45, 2.75) is 57.1 Å². The number of nitrogens with zero attached hydrogens (tertiary/aromatic N) is 2. The van der Waals surface area contributed by atoms with Gasteiger partial charge in [-0.05, 0) is 33.1 Å². The van der Waals surface area contributed by atoms with Crippen LogP contribution in [0.1, 0.15) is 46.0 Å². The molecule has 2 N–H and O–H groups in total. The number of carboxylic acids is 1. The fourth-order valence-electron chi connectivity index (χ4n) is 3.34. The Morgan fingerprint density at radius 2 is 1.95 bits per heavy atom. The number of piperidine rings is 1. The zero-order chi connectivity index (χ0) is 15.8. The van der Waals surface area contributed by atoms with Gasteiger partial charge in [0.2, 0.25) is 0 Å². The molecule has 2 aliphatic rings. The second-order valence-electron chi connectivity index (χ2n) is 6.95. The molecule has 1 saturated carbocycles.